The summed E-state index contributed by atoms with van der Waals surface area (Å²) in [5, 5.41) is 1.52. The highest BCUT2D eigenvalue weighted by Gasteiger charge is 2.27. The second-order valence-corrected chi connectivity index (χ2v) is 13.9. The van der Waals surface area contributed by atoms with Crippen molar-refractivity contribution in [3.8, 4) is 0 Å². The number of hydrogen-bond acceptors (Lipinski definition) is 4. The Morgan fingerprint density at radius 3 is 1.62 bits per heavy atom. The second-order valence-electron chi connectivity index (χ2n) is 13.1. The van der Waals surface area contributed by atoms with Crippen LogP contribution in [0.2, 0.25) is 10.0 Å². The van der Waals surface area contributed by atoms with Crippen LogP contribution in [0, 0.1) is 5.92 Å². The summed E-state index contributed by atoms with van der Waals surface area (Å²) in [6, 6.07) is 15.9. The predicted octanol–water partition coefficient (Wildman–Crippen LogP) is 9.28. The first-order valence-corrected chi connectivity index (χ1v) is 15.6. The number of amides is 2. The summed E-state index contributed by atoms with van der Waals surface area (Å²) < 4.78 is 10.8. The summed E-state index contributed by atoms with van der Waals surface area (Å²) >= 11 is 11.8. The summed E-state index contributed by atoms with van der Waals surface area (Å²) in [4.78, 5) is 27.6. The van der Waals surface area contributed by atoms with E-state index in [1.807, 2.05) is 82.8 Å². The lowest BCUT2D eigenvalue weighted by Crippen LogP contribution is -2.42. The zero-order chi connectivity index (χ0) is 30.9. The molecular formula is C34H46Cl2N2O4. The minimum absolute atomic E-state index is 0.188. The molecule has 2 aliphatic heterocycles. The zero-order valence-corrected chi connectivity index (χ0v) is 27.4. The van der Waals surface area contributed by atoms with Gasteiger partial charge in [-0.3, -0.25) is 0 Å². The Labute approximate surface area is 261 Å². The molecule has 0 bridgehead atoms. The molecular weight excluding hydrogens is 571 g/mol. The van der Waals surface area contributed by atoms with E-state index in [4.69, 9.17) is 32.7 Å². The minimum atomic E-state index is -0.434. The van der Waals surface area contributed by atoms with Crippen molar-refractivity contribution >= 4 is 41.5 Å². The molecule has 0 aliphatic carbocycles. The maximum absolute atomic E-state index is 12.0. The summed E-state index contributed by atoms with van der Waals surface area (Å²) in [6.07, 6.45) is 6.68. The molecule has 2 fully saturated rings. The molecule has 0 N–H and O–H groups in total. The standard InChI is InChI=1S/C17H24ClNO2.C17H22ClNO2/c2*1-17(2,3)21-16(20)19-10-8-14(9-11-19)12-13-4-6-15(18)7-5-13/h4-7,14H,8-12H2,1-3H3;4-7,12H,8-11H2,1-3H3. The monoisotopic (exact) mass is 616 g/mol. The van der Waals surface area contributed by atoms with E-state index in [0.717, 1.165) is 60.8 Å². The van der Waals surface area contributed by atoms with Gasteiger partial charge in [0.2, 0.25) is 0 Å². The third-order valence-electron chi connectivity index (χ3n) is 7.00. The maximum atomic E-state index is 12.0. The molecule has 6 nitrogen and oxygen atoms in total. The average molecular weight is 618 g/mol. The number of ether oxygens (including phenoxy) is 2. The number of piperidine rings is 2. The normalized spacial score (nSPS) is 16.3. The summed E-state index contributed by atoms with van der Waals surface area (Å²) in [6.45, 7) is 14.4. The van der Waals surface area contributed by atoms with Crippen molar-refractivity contribution in [3.05, 3.63) is 75.3 Å². The number of hydrogen-bond donors (Lipinski definition) is 0. The molecule has 8 heteroatoms. The van der Waals surface area contributed by atoms with Crippen molar-refractivity contribution in [2.75, 3.05) is 26.2 Å². The molecule has 230 valence electrons. The Bertz CT molecular complexity index is 1180. The topological polar surface area (TPSA) is 59.1 Å². The number of nitrogens with zero attached hydrogens (tertiary/aromatic N) is 2. The van der Waals surface area contributed by atoms with Gasteiger partial charge in [-0.1, -0.05) is 59.1 Å². The molecule has 0 spiro atoms. The van der Waals surface area contributed by atoms with Gasteiger partial charge in [-0.05, 0) is 115 Å². The molecule has 0 unspecified atom stereocenters. The number of likely N-dealkylation sites (tertiary alicyclic amines) is 2. The zero-order valence-electron chi connectivity index (χ0n) is 25.9. The Balaban J connectivity index is 0.000000230. The Morgan fingerprint density at radius 2 is 1.17 bits per heavy atom. The van der Waals surface area contributed by atoms with E-state index in [0.29, 0.717) is 19.0 Å². The molecule has 2 aromatic carbocycles. The Morgan fingerprint density at radius 1 is 0.738 bits per heavy atom. The lowest BCUT2D eigenvalue weighted by Gasteiger charge is -2.33. The molecule has 42 heavy (non-hydrogen) atoms. The largest absolute Gasteiger partial charge is 0.444 e. The highest BCUT2D eigenvalue weighted by atomic mass is 35.5. The molecule has 4 rings (SSSR count). The number of rotatable bonds is 3. The predicted molar refractivity (Wildman–Crippen MR) is 172 cm³/mol. The van der Waals surface area contributed by atoms with Crippen LogP contribution in [0.4, 0.5) is 9.59 Å². The van der Waals surface area contributed by atoms with E-state index in [1.165, 1.54) is 11.1 Å². The van der Waals surface area contributed by atoms with Crippen molar-refractivity contribution in [1.29, 1.82) is 0 Å². The summed E-state index contributed by atoms with van der Waals surface area (Å²) in [5.41, 5.74) is 2.97. The quantitative estimate of drug-likeness (QED) is 0.345. The number of halogens is 2. The van der Waals surface area contributed by atoms with Crippen LogP contribution in [-0.4, -0.2) is 59.4 Å². The first-order chi connectivity index (χ1) is 19.7. The third-order valence-corrected chi connectivity index (χ3v) is 7.51. The van der Waals surface area contributed by atoms with Gasteiger partial charge in [0, 0.05) is 36.2 Å². The van der Waals surface area contributed by atoms with Gasteiger partial charge >= 0.3 is 12.2 Å². The van der Waals surface area contributed by atoms with Gasteiger partial charge in [0.15, 0.2) is 0 Å². The fourth-order valence-corrected chi connectivity index (χ4v) is 5.09. The van der Waals surface area contributed by atoms with E-state index in [9.17, 15) is 9.59 Å². The SMILES string of the molecule is CC(C)(C)OC(=O)N1CCC(=Cc2ccc(Cl)cc2)CC1.CC(C)(C)OC(=O)N1CCC(Cc2ccc(Cl)cc2)CC1. The molecule has 2 amide bonds. The van der Waals surface area contributed by atoms with Gasteiger partial charge in [-0.2, -0.15) is 0 Å². The third kappa shape index (κ3) is 12.3. The minimum Gasteiger partial charge on any atom is -0.444 e. The first kappa shape index (κ1) is 33.8. The van der Waals surface area contributed by atoms with Crippen LogP contribution in [0.3, 0.4) is 0 Å². The molecule has 2 aromatic rings. The van der Waals surface area contributed by atoms with Crippen molar-refractivity contribution in [3.63, 3.8) is 0 Å². The molecule has 2 heterocycles. The van der Waals surface area contributed by atoms with Gasteiger partial charge in [0.05, 0.1) is 0 Å². The van der Waals surface area contributed by atoms with Gasteiger partial charge in [-0.25, -0.2) is 9.59 Å². The van der Waals surface area contributed by atoms with Gasteiger partial charge in [0.1, 0.15) is 11.2 Å². The first-order valence-electron chi connectivity index (χ1n) is 14.8. The number of benzene rings is 2. The average Bonchev–Trinajstić information content (AvgIpc) is 2.91. The van der Waals surface area contributed by atoms with Gasteiger partial charge in [-0.15, -0.1) is 0 Å². The maximum Gasteiger partial charge on any atom is 0.410 e. The van der Waals surface area contributed by atoms with E-state index < -0.39 is 11.2 Å². The van der Waals surface area contributed by atoms with Crippen LogP contribution >= 0.6 is 23.2 Å². The molecule has 0 saturated carbocycles. The number of carbonyl (C=O) groups is 2. The van der Waals surface area contributed by atoms with E-state index in [2.05, 4.69) is 18.2 Å². The van der Waals surface area contributed by atoms with E-state index in [-0.39, 0.29) is 12.2 Å². The van der Waals surface area contributed by atoms with E-state index in [1.54, 1.807) is 4.90 Å². The summed E-state index contributed by atoms with van der Waals surface area (Å²) in [5.74, 6) is 0.630. The molecule has 0 atom stereocenters. The smallest absolute Gasteiger partial charge is 0.410 e. The van der Waals surface area contributed by atoms with Crippen LogP contribution in [0.1, 0.15) is 78.4 Å². The fraction of sp³-hybridized carbons (Fsp3) is 0.529. The van der Waals surface area contributed by atoms with Gasteiger partial charge < -0.3 is 19.3 Å². The fourth-order valence-electron chi connectivity index (χ4n) is 4.84. The van der Waals surface area contributed by atoms with Crippen molar-refractivity contribution in [2.45, 2.75) is 84.8 Å². The molecule has 0 radical (unpaired) electrons. The van der Waals surface area contributed by atoms with Gasteiger partial charge in [0.25, 0.3) is 0 Å². The lowest BCUT2D eigenvalue weighted by molar-refractivity contribution is 0.0182. The van der Waals surface area contributed by atoms with Crippen molar-refractivity contribution < 1.29 is 19.1 Å². The van der Waals surface area contributed by atoms with Crippen molar-refractivity contribution in [1.82, 2.24) is 9.80 Å². The number of carbonyl (C=O) groups excluding carboxylic acids is 2. The molecule has 2 aliphatic rings. The molecule has 0 aromatic heterocycles. The highest BCUT2D eigenvalue weighted by Crippen LogP contribution is 2.24. The van der Waals surface area contributed by atoms with Crippen molar-refractivity contribution in [2.24, 2.45) is 5.92 Å². The summed E-state index contributed by atoms with van der Waals surface area (Å²) in [7, 11) is 0. The lowest BCUT2D eigenvalue weighted by atomic mass is 9.90. The van der Waals surface area contributed by atoms with Crippen LogP contribution < -0.4 is 0 Å². The van der Waals surface area contributed by atoms with Crippen LogP contribution in [0.5, 0.6) is 0 Å². The van der Waals surface area contributed by atoms with Crippen LogP contribution in [-0.2, 0) is 15.9 Å². The van der Waals surface area contributed by atoms with Crippen LogP contribution in [0.15, 0.2) is 54.1 Å². The van der Waals surface area contributed by atoms with Crippen LogP contribution in [0.25, 0.3) is 6.08 Å². The molecule has 2 saturated heterocycles. The van der Waals surface area contributed by atoms with E-state index >= 15 is 0 Å². The Kier molecular flexibility index (Phi) is 12.2. The highest BCUT2D eigenvalue weighted by molar-refractivity contribution is 6.30. The second kappa shape index (κ2) is 15.2. The Hall–Kier alpha value is -2.70.